The summed E-state index contributed by atoms with van der Waals surface area (Å²) in [5.41, 5.74) is 0.417. The van der Waals surface area contributed by atoms with Crippen molar-refractivity contribution >= 4 is 5.82 Å². The van der Waals surface area contributed by atoms with Gasteiger partial charge in [0.1, 0.15) is 18.1 Å². The summed E-state index contributed by atoms with van der Waals surface area (Å²) in [6.45, 7) is 1.59. The Balaban J connectivity index is 2.32. The number of anilines is 1. The Bertz CT molecular complexity index is 514. The molecule has 7 heteroatoms. The van der Waals surface area contributed by atoms with Gasteiger partial charge in [-0.3, -0.25) is 4.57 Å². The van der Waals surface area contributed by atoms with Gasteiger partial charge in [0.15, 0.2) is 0 Å². The third-order valence-corrected chi connectivity index (χ3v) is 3.23. The molecule has 0 unspecified atom stereocenters. The molecular formula is C12H19N3O4. The van der Waals surface area contributed by atoms with Crippen LogP contribution < -0.4 is 10.6 Å². The Kier molecular flexibility index (Phi) is 3.88. The first-order valence-corrected chi connectivity index (χ1v) is 6.15. The van der Waals surface area contributed by atoms with Crippen molar-refractivity contribution in [3.05, 3.63) is 22.2 Å². The summed E-state index contributed by atoms with van der Waals surface area (Å²) in [6.07, 6.45) is -0.0569. The molecule has 3 atom stereocenters. The normalized spacial score (nSPS) is 26.7. The van der Waals surface area contributed by atoms with Gasteiger partial charge in [0.05, 0.1) is 12.7 Å². The Morgan fingerprint density at radius 1 is 1.58 bits per heavy atom. The quantitative estimate of drug-likeness (QED) is 0.751. The zero-order valence-electron chi connectivity index (χ0n) is 11.3. The largest absolute Gasteiger partial charge is 0.394 e. The Morgan fingerprint density at radius 3 is 2.79 bits per heavy atom. The number of nitrogens with zero attached hydrogens (tertiary/aromatic N) is 3. The van der Waals surface area contributed by atoms with E-state index < -0.39 is 24.1 Å². The highest BCUT2D eigenvalue weighted by Crippen LogP contribution is 2.28. The number of hydrogen-bond donors (Lipinski definition) is 2. The summed E-state index contributed by atoms with van der Waals surface area (Å²) in [6, 6.07) is 0. The van der Waals surface area contributed by atoms with E-state index in [0.717, 1.165) is 5.56 Å². The van der Waals surface area contributed by atoms with Crippen molar-refractivity contribution in [1.82, 2.24) is 9.55 Å². The molecular weight excluding hydrogens is 250 g/mol. The average molecular weight is 269 g/mol. The van der Waals surface area contributed by atoms with Crippen LogP contribution in [0.5, 0.6) is 0 Å². The molecule has 0 aromatic carbocycles. The number of ether oxygens (including phenoxy) is 1. The van der Waals surface area contributed by atoms with Gasteiger partial charge >= 0.3 is 5.69 Å². The SMILES string of the molecule is Cc1cn([C@H]2C[C@@H](O)[C@H](CO)O2)c(=O)nc1N(C)C. The van der Waals surface area contributed by atoms with Gasteiger partial charge in [-0.2, -0.15) is 4.98 Å². The molecule has 106 valence electrons. The maximum atomic E-state index is 12.0. The van der Waals surface area contributed by atoms with Crippen LogP contribution in [-0.4, -0.2) is 52.7 Å². The molecule has 1 aliphatic rings. The summed E-state index contributed by atoms with van der Waals surface area (Å²) in [5.74, 6) is 0.610. The van der Waals surface area contributed by atoms with Crippen LogP contribution in [-0.2, 0) is 4.74 Å². The number of aryl methyl sites for hydroxylation is 1. The topological polar surface area (TPSA) is 87.8 Å². The summed E-state index contributed by atoms with van der Waals surface area (Å²) < 4.78 is 6.82. The summed E-state index contributed by atoms with van der Waals surface area (Å²) in [5, 5.41) is 18.7. The van der Waals surface area contributed by atoms with E-state index in [0.29, 0.717) is 5.82 Å². The van der Waals surface area contributed by atoms with Crippen LogP contribution in [0.2, 0.25) is 0 Å². The fourth-order valence-corrected chi connectivity index (χ4v) is 2.27. The lowest BCUT2D eigenvalue weighted by atomic mass is 10.2. The number of aromatic nitrogens is 2. The Labute approximate surface area is 111 Å². The molecule has 1 saturated heterocycles. The minimum atomic E-state index is -0.768. The van der Waals surface area contributed by atoms with E-state index in [1.165, 1.54) is 4.57 Å². The average Bonchev–Trinajstić information content (AvgIpc) is 2.72. The first-order chi connectivity index (χ1) is 8.93. The van der Waals surface area contributed by atoms with Crippen LogP contribution in [0.3, 0.4) is 0 Å². The van der Waals surface area contributed by atoms with Crippen LogP contribution in [0.1, 0.15) is 18.2 Å². The Morgan fingerprint density at radius 2 is 2.26 bits per heavy atom. The number of aliphatic hydroxyl groups is 2. The molecule has 1 fully saturated rings. The Hall–Kier alpha value is -1.44. The maximum Gasteiger partial charge on any atom is 0.351 e. The first-order valence-electron chi connectivity index (χ1n) is 6.15. The van der Waals surface area contributed by atoms with Crippen LogP contribution in [0.15, 0.2) is 11.0 Å². The molecule has 2 heterocycles. The van der Waals surface area contributed by atoms with E-state index in [1.54, 1.807) is 11.1 Å². The van der Waals surface area contributed by atoms with E-state index in [-0.39, 0.29) is 13.0 Å². The van der Waals surface area contributed by atoms with Crippen molar-refractivity contribution in [2.45, 2.75) is 31.8 Å². The van der Waals surface area contributed by atoms with Crippen LogP contribution in [0.4, 0.5) is 5.82 Å². The van der Waals surface area contributed by atoms with Crippen LogP contribution >= 0.6 is 0 Å². The second kappa shape index (κ2) is 5.28. The molecule has 0 amide bonds. The second-order valence-corrected chi connectivity index (χ2v) is 4.95. The molecule has 2 N–H and O–H groups in total. The van der Waals surface area contributed by atoms with Crippen molar-refractivity contribution in [3.63, 3.8) is 0 Å². The third kappa shape index (κ3) is 2.63. The van der Waals surface area contributed by atoms with Crippen molar-refractivity contribution in [2.75, 3.05) is 25.6 Å². The molecule has 2 rings (SSSR count). The molecule has 0 spiro atoms. The van der Waals surface area contributed by atoms with Crippen molar-refractivity contribution < 1.29 is 14.9 Å². The molecule has 19 heavy (non-hydrogen) atoms. The summed E-state index contributed by atoms with van der Waals surface area (Å²) in [7, 11) is 3.63. The molecule has 1 aliphatic heterocycles. The van der Waals surface area contributed by atoms with Crippen LogP contribution in [0.25, 0.3) is 0 Å². The van der Waals surface area contributed by atoms with E-state index in [4.69, 9.17) is 9.84 Å². The molecule has 0 radical (unpaired) electrons. The van der Waals surface area contributed by atoms with Gasteiger partial charge in [-0.05, 0) is 6.92 Å². The van der Waals surface area contributed by atoms with Crippen molar-refractivity contribution in [3.8, 4) is 0 Å². The molecule has 1 aromatic heterocycles. The van der Waals surface area contributed by atoms with Crippen molar-refractivity contribution in [2.24, 2.45) is 0 Å². The lowest BCUT2D eigenvalue weighted by Crippen LogP contribution is -2.30. The van der Waals surface area contributed by atoms with Gasteiger partial charge in [-0.15, -0.1) is 0 Å². The van der Waals surface area contributed by atoms with E-state index in [2.05, 4.69) is 4.98 Å². The molecule has 0 aliphatic carbocycles. The van der Waals surface area contributed by atoms with Gasteiger partial charge in [-0.25, -0.2) is 4.79 Å². The highest BCUT2D eigenvalue weighted by molar-refractivity contribution is 5.42. The first kappa shape index (κ1) is 14.0. The molecule has 7 nitrogen and oxygen atoms in total. The monoisotopic (exact) mass is 269 g/mol. The number of hydrogen-bond acceptors (Lipinski definition) is 6. The summed E-state index contributed by atoms with van der Waals surface area (Å²) >= 11 is 0. The fraction of sp³-hybridized carbons (Fsp3) is 0.667. The minimum Gasteiger partial charge on any atom is -0.394 e. The highest BCUT2D eigenvalue weighted by atomic mass is 16.5. The minimum absolute atomic E-state index is 0.269. The molecule has 0 saturated carbocycles. The van der Waals surface area contributed by atoms with Gasteiger partial charge in [0, 0.05) is 32.3 Å². The van der Waals surface area contributed by atoms with E-state index in [9.17, 15) is 9.90 Å². The van der Waals surface area contributed by atoms with Crippen molar-refractivity contribution in [1.29, 1.82) is 0 Å². The van der Waals surface area contributed by atoms with Gasteiger partial charge in [0.25, 0.3) is 0 Å². The lowest BCUT2D eigenvalue weighted by molar-refractivity contribution is -0.0459. The third-order valence-electron chi connectivity index (χ3n) is 3.23. The van der Waals surface area contributed by atoms with Gasteiger partial charge < -0.3 is 19.8 Å². The predicted octanol–water partition coefficient (Wildman–Crippen LogP) is -0.742. The number of rotatable bonds is 3. The summed E-state index contributed by atoms with van der Waals surface area (Å²) in [4.78, 5) is 17.8. The molecule has 1 aromatic rings. The van der Waals surface area contributed by atoms with E-state index in [1.807, 2.05) is 21.0 Å². The maximum absolute atomic E-state index is 12.0. The second-order valence-electron chi connectivity index (χ2n) is 4.95. The van der Waals surface area contributed by atoms with Gasteiger partial charge in [0.2, 0.25) is 0 Å². The molecule has 0 bridgehead atoms. The van der Waals surface area contributed by atoms with Crippen LogP contribution in [0, 0.1) is 6.92 Å². The van der Waals surface area contributed by atoms with Gasteiger partial charge in [-0.1, -0.05) is 0 Å². The highest BCUT2D eigenvalue weighted by Gasteiger charge is 2.35. The smallest absolute Gasteiger partial charge is 0.351 e. The zero-order valence-corrected chi connectivity index (χ0v) is 11.3. The number of aliphatic hydroxyl groups excluding tert-OH is 2. The predicted molar refractivity (Wildman–Crippen MR) is 69.2 cm³/mol. The van der Waals surface area contributed by atoms with E-state index >= 15 is 0 Å². The zero-order chi connectivity index (χ0) is 14.2. The fourth-order valence-electron chi connectivity index (χ4n) is 2.27. The standard InChI is InChI=1S/C12H19N3O4/c1-7-5-15(12(18)13-11(7)14(2)3)10-4-8(17)9(6-16)19-10/h5,8-10,16-17H,4,6H2,1-3H3/t8-,9+,10-/m1/s1. The lowest BCUT2D eigenvalue weighted by Gasteiger charge is -2.18.